The lowest BCUT2D eigenvalue weighted by molar-refractivity contribution is 0.600. The molecule has 8 heteroatoms. The van der Waals surface area contributed by atoms with Gasteiger partial charge in [-0.15, -0.1) is 10.2 Å². The quantitative estimate of drug-likeness (QED) is 0.817. The molecule has 0 saturated heterocycles. The molecule has 0 atom stereocenters. The maximum absolute atomic E-state index is 11.9. The van der Waals surface area contributed by atoms with Crippen molar-refractivity contribution in [2.24, 2.45) is 0 Å². The van der Waals surface area contributed by atoms with Gasteiger partial charge in [-0.25, -0.2) is 8.42 Å². The lowest BCUT2D eigenvalue weighted by Crippen LogP contribution is -2.14. The number of aryl methyl sites for hydroxylation is 1. The Bertz CT molecular complexity index is 650. The van der Waals surface area contributed by atoms with Crippen molar-refractivity contribution in [3.8, 4) is 0 Å². The number of nitrogens with zero attached hydrogens (tertiary/aromatic N) is 2. The summed E-state index contributed by atoms with van der Waals surface area (Å²) in [5, 5.41) is 8.74. The van der Waals surface area contributed by atoms with Gasteiger partial charge in [0, 0.05) is 5.69 Å². The lowest BCUT2D eigenvalue weighted by Gasteiger charge is -2.04. The Hall–Kier alpha value is -1.67. The topological polar surface area (TPSA) is 98.0 Å². The van der Waals surface area contributed by atoms with Crippen molar-refractivity contribution in [3.05, 3.63) is 34.8 Å². The second-order valence-electron chi connectivity index (χ2n) is 3.96. The number of rotatable bonds is 5. The zero-order chi connectivity index (χ0) is 13.9. The minimum absolute atomic E-state index is 0.117. The molecule has 2 rings (SSSR count). The molecular weight excluding hydrogens is 284 g/mol. The van der Waals surface area contributed by atoms with E-state index in [1.165, 1.54) is 11.3 Å². The van der Waals surface area contributed by atoms with Crippen LogP contribution in [-0.4, -0.2) is 18.6 Å². The van der Waals surface area contributed by atoms with Crippen molar-refractivity contribution in [1.29, 1.82) is 0 Å². The molecule has 0 aliphatic carbocycles. The van der Waals surface area contributed by atoms with Gasteiger partial charge in [0.1, 0.15) is 5.01 Å². The molecular formula is C11H14N4O2S2. The molecule has 6 nitrogen and oxygen atoms in total. The number of nitrogens with two attached hydrogens (primary N) is 1. The van der Waals surface area contributed by atoms with E-state index in [4.69, 9.17) is 5.73 Å². The van der Waals surface area contributed by atoms with Crippen LogP contribution < -0.4 is 10.5 Å². The molecule has 0 saturated carbocycles. The van der Waals surface area contributed by atoms with Crippen molar-refractivity contribution in [3.63, 3.8) is 0 Å². The SMILES string of the molecule is CCc1nnc(NS(=O)(=O)Cc2ccc(N)cc2)s1. The molecule has 2 aromatic rings. The van der Waals surface area contributed by atoms with Crippen LogP contribution in [0.1, 0.15) is 17.5 Å². The summed E-state index contributed by atoms with van der Waals surface area (Å²) in [5.74, 6) is -0.117. The van der Waals surface area contributed by atoms with Crippen molar-refractivity contribution in [2.45, 2.75) is 19.1 Å². The highest BCUT2D eigenvalue weighted by Gasteiger charge is 2.14. The summed E-state index contributed by atoms with van der Waals surface area (Å²) in [6, 6.07) is 6.72. The molecule has 0 radical (unpaired) electrons. The van der Waals surface area contributed by atoms with Crippen LogP contribution in [0.3, 0.4) is 0 Å². The van der Waals surface area contributed by atoms with Crippen LogP contribution in [0.25, 0.3) is 0 Å². The van der Waals surface area contributed by atoms with Gasteiger partial charge in [0.05, 0.1) is 5.75 Å². The second kappa shape index (κ2) is 5.54. The minimum atomic E-state index is -3.48. The van der Waals surface area contributed by atoms with E-state index in [2.05, 4.69) is 14.9 Å². The minimum Gasteiger partial charge on any atom is -0.399 e. The van der Waals surface area contributed by atoms with Crippen LogP contribution in [-0.2, 0) is 22.2 Å². The van der Waals surface area contributed by atoms with E-state index < -0.39 is 10.0 Å². The summed E-state index contributed by atoms with van der Waals surface area (Å²) in [6.07, 6.45) is 0.733. The molecule has 19 heavy (non-hydrogen) atoms. The van der Waals surface area contributed by atoms with Crippen LogP contribution in [0.15, 0.2) is 24.3 Å². The number of benzene rings is 1. The van der Waals surface area contributed by atoms with Gasteiger partial charge in [-0.2, -0.15) is 0 Å². The standard InChI is InChI=1S/C11H14N4O2S2/c1-2-10-13-14-11(18-10)15-19(16,17)7-8-3-5-9(12)6-4-8/h3-6H,2,7,12H2,1H3,(H,14,15). The molecule has 0 spiro atoms. The highest BCUT2D eigenvalue weighted by atomic mass is 32.2. The van der Waals surface area contributed by atoms with Crippen LogP contribution in [0, 0.1) is 0 Å². The molecule has 3 N–H and O–H groups in total. The number of hydrogen-bond acceptors (Lipinski definition) is 6. The smallest absolute Gasteiger partial charge is 0.238 e. The van der Waals surface area contributed by atoms with Gasteiger partial charge >= 0.3 is 0 Å². The van der Waals surface area contributed by atoms with Gasteiger partial charge in [0.15, 0.2) is 0 Å². The Morgan fingerprint density at radius 1 is 1.26 bits per heavy atom. The fourth-order valence-corrected chi connectivity index (χ4v) is 3.53. The first-order valence-corrected chi connectivity index (χ1v) is 8.12. The predicted molar refractivity (Wildman–Crippen MR) is 76.4 cm³/mol. The molecule has 0 bridgehead atoms. The summed E-state index contributed by atoms with van der Waals surface area (Å²) in [7, 11) is -3.48. The Balaban J connectivity index is 2.08. The average Bonchev–Trinajstić information content (AvgIpc) is 2.78. The summed E-state index contributed by atoms with van der Waals surface area (Å²) in [6.45, 7) is 1.94. The third-order valence-corrected chi connectivity index (χ3v) is 4.68. The van der Waals surface area contributed by atoms with E-state index in [9.17, 15) is 8.42 Å². The molecule has 102 valence electrons. The maximum atomic E-state index is 11.9. The van der Waals surface area contributed by atoms with Crippen LogP contribution >= 0.6 is 11.3 Å². The van der Waals surface area contributed by atoms with Gasteiger partial charge in [-0.3, -0.25) is 4.72 Å². The molecule has 0 aliphatic heterocycles. The number of hydrogen-bond donors (Lipinski definition) is 2. The fourth-order valence-electron chi connectivity index (χ4n) is 1.44. The number of anilines is 2. The molecule has 0 unspecified atom stereocenters. The second-order valence-corrected chi connectivity index (χ2v) is 6.74. The van der Waals surface area contributed by atoms with Gasteiger partial charge in [-0.1, -0.05) is 30.4 Å². The first-order chi connectivity index (χ1) is 8.98. The summed E-state index contributed by atoms with van der Waals surface area (Å²) >= 11 is 1.24. The summed E-state index contributed by atoms with van der Waals surface area (Å²) in [5.41, 5.74) is 6.82. The Labute approximate surface area is 115 Å². The number of aromatic nitrogens is 2. The molecule has 0 fully saturated rings. The monoisotopic (exact) mass is 298 g/mol. The molecule has 1 aromatic carbocycles. The largest absolute Gasteiger partial charge is 0.399 e. The Kier molecular flexibility index (Phi) is 4.01. The maximum Gasteiger partial charge on any atom is 0.238 e. The fraction of sp³-hybridized carbons (Fsp3) is 0.273. The highest BCUT2D eigenvalue weighted by Crippen LogP contribution is 2.18. The normalized spacial score (nSPS) is 11.4. The van der Waals surface area contributed by atoms with Crippen molar-refractivity contribution >= 4 is 32.2 Å². The van der Waals surface area contributed by atoms with Gasteiger partial charge < -0.3 is 5.73 Å². The molecule has 0 amide bonds. The number of nitrogens with one attached hydrogen (secondary N) is 1. The van der Waals surface area contributed by atoms with Crippen LogP contribution in [0.4, 0.5) is 10.8 Å². The Morgan fingerprint density at radius 3 is 2.53 bits per heavy atom. The van der Waals surface area contributed by atoms with Gasteiger partial charge in [0.2, 0.25) is 15.2 Å². The molecule has 0 aliphatic rings. The van der Waals surface area contributed by atoms with E-state index >= 15 is 0 Å². The molecule has 1 heterocycles. The third kappa shape index (κ3) is 3.90. The van der Waals surface area contributed by atoms with E-state index in [-0.39, 0.29) is 5.75 Å². The lowest BCUT2D eigenvalue weighted by atomic mass is 10.2. The van der Waals surface area contributed by atoms with Crippen LogP contribution in [0.2, 0.25) is 0 Å². The number of nitrogen functional groups attached to an aromatic ring is 1. The molecule has 1 aromatic heterocycles. The van der Waals surface area contributed by atoms with E-state index in [1.807, 2.05) is 6.92 Å². The summed E-state index contributed by atoms with van der Waals surface area (Å²) in [4.78, 5) is 0. The van der Waals surface area contributed by atoms with Crippen molar-refractivity contribution < 1.29 is 8.42 Å². The van der Waals surface area contributed by atoms with Crippen molar-refractivity contribution in [2.75, 3.05) is 10.5 Å². The average molecular weight is 298 g/mol. The van der Waals surface area contributed by atoms with Gasteiger partial charge in [-0.05, 0) is 24.1 Å². The zero-order valence-electron chi connectivity index (χ0n) is 10.3. The first-order valence-electron chi connectivity index (χ1n) is 5.66. The van der Waals surface area contributed by atoms with Crippen LogP contribution in [0.5, 0.6) is 0 Å². The Morgan fingerprint density at radius 2 is 1.95 bits per heavy atom. The van der Waals surface area contributed by atoms with Crippen molar-refractivity contribution in [1.82, 2.24) is 10.2 Å². The van der Waals surface area contributed by atoms with E-state index in [0.29, 0.717) is 16.4 Å². The van der Waals surface area contributed by atoms with E-state index in [0.717, 1.165) is 11.4 Å². The third-order valence-electron chi connectivity index (χ3n) is 2.35. The highest BCUT2D eigenvalue weighted by molar-refractivity contribution is 7.92. The summed E-state index contributed by atoms with van der Waals surface area (Å²) < 4.78 is 26.3. The number of sulfonamides is 1. The zero-order valence-corrected chi connectivity index (χ0v) is 12.0. The van der Waals surface area contributed by atoms with Gasteiger partial charge in [0.25, 0.3) is 0 Å². The predicted octanol–water partition coefficient (Wildman–Crippen LogP) is 1.62. The van der Waals surface area contributed by atoms with E-state index in [1.54, 1.807) is 24.3 Å². The first kappa shape index (κ1) is 13.8.